The number of hydrogen-bond acceptors (Lipinski definition) is 4. The minimum atomic E-state index is -0.754. The van der Waals surface area contributed by atoms with E-state index in [1.807, 2.05) is 6.07 Å². The van der Waals surface area contributed by atoms with E-state index in [4.69, 9.17) is 15.7 Å². The largest absolute Gasteiger partial charge is 0.471 e. The molecule has 1 aromatic heterocycles. The summed E-state index contributed by atoms with van der Waals surface area (Å²) in [5, 5.41) is 0.741. The maximum atomic E-state index is 12.3. The molecule has 0 radical (unpaired) electrons. The molecule has 26 heavy (non-hydrogen) atoms. The van der Waals surface area contributed by atoms with Crippen LogP contribution in [0.25, 0.3) is 21.9 Å². The Morgan fingerprint density at radius 1 is 1.38 bits per heavy atom. The second kappa shape index (κ2) is 7.72. The molecule has 5 nitrogen and oxygen atoms in total. The van der Waals surface area contributed by atoms with Crippen molar-refractivity contribution in [1.29, 1.82) is 0 Å². The fraction of sp³-hybridized carbons (Fsp3) is 0.286. The van der Waals surface area contributed by atoms with E-state index in [1.165, 1.54) is 6.08 Å². The Labute approximate surface area is 151 Å². The van der Waals surface area contributed by atoms with Crippen molar-refractivity contribution in [3.8, 4) is 11.8 Å². The minimum absolute atomic E-state index is 0.147. The maximum Gasteiger partial charge on any atom is 0.342 e. The Morgan fingerprint density at radius 2 is 2.23 bits per heavy atom. The molecule has 0 N–H and O–H groups in total. The molecule has 1 aromatic carbocycles. The molecule has 1 aliphatic rings. The highest BCUT2D eigenvalue weighted by Gasteiger charge is 2.14. The summed E-state index contributed by atoms with van der Waals surface area (Å²) < 4.78 is 10.2. The molecule has 0 atom stereocenters. The lowest BCUT2D eigenvalue weighted by molar-refractivity contribution is -0.138. The van der Waals surface area contributed by atoms with E-state index < -0.39 is 11.6 Å². The lowest BCUT2D eigenvalue weighted by atomic mass is 9.97. The van der Waals surface area contributed by atoms with Gasteiger partial charge in [0, 0.05) is 17.4 Å². The van der Waals surface area contributed by atoms with E-state index in [1.54, 1.807) is 19.1 Å². The third-order valence-corrected chi connectivity index (χ3v) is 4.10. The molecule has 0 amide bonds. The fourth-order valence-electron chi connectivity index (χ4n) is 2.83. The monoisotopic (exact) mass is 347 g/mol. The van der Waals surface area contributed by atoms with E-state index in [9.17, 15) is 9.59 Å². The molecule has 5 heteroatoms. The van der Waals surface area contributed by atoms with Gasteiger partial charge in [0.1, 0.15) is 5.58 Å². The summed E-state index contributed by atoms with van der Waals surface area (Å²) in [4.78, 5) is 27.2. The molecule has 3 rings (SSSR count). The van der Waals surface area contributed by atoms with Gasteiger partial charge >= 0.3 is 11.6 Å². The number of rotatable bonds is 3. The highest BCUT2D eigenvalue weighted by Crippen LogP contribution is 2.23. The molecule has 2 aromatic rings. The first-order valence-electron chi connectivity index (χ1n) is 8.48. The number of carbonyl (C=O) groups is 1. The van der Waals surface area contributed by atoms with Crippen molar-refractivity contribution in [2.24, 2.45) is 0 Å². The number of aryl methyl sites for hydroxylation is 1. The van der Waals surface area contributed by atoms with Gasteiger partial charge < -0.3 is 9.15 Å². The van der Waals surface area contributed by atoms with E-state index in [0.717, 1.165) is 42.2 Å². The Bertz CT molecular complexity index is 1060. The maximum absolute atomic E-state index is 12.3. The van der Waals surface area contributed by atoms with Crippen molar-refractivity contribution < 1.29 is 13.9 Å². The number of ether oxygens (including phenoxy) is 1. The normalized spacial score (nSPS) is 13.6. The first kappa shape index (κ1) is 17.5. The van der Waals surface area contributed by atoms with Gasteiger partial charge in [-0.15, -0.1) is 0 Å². The molecule has 0 bridgehead atoms. The Kier molecular flexibility index (Phi) is 5.20. The quantitative estimate of drug-likeness (QED) is 0.279. The number of esters is 1. The molecular formula is C21H17NO4. The molecule has 1 heterocycles. The Hall–Kier alpha value is -3.31. The lowest BCUT2D eigenvalue weighted by Crippen LogP contribution is -2.08. The first-order valence-corrected chi connectivity index (χ1v) is 8.48. The molecule has 0 saturated carbocycles. The zero-order valence-electron chi connectivity index (χ0n) is 14.4. The van der Waals surface area contributed by atoms with Crippen molar-refractivity contribution in [3.05, 3.63) is 62.4 Å². The summed E-state index contributed by atoms with van der Waals surface area (Å²) >= 11 is 0. The SMILES string of the molecule is [C-]#[N+]C(=Cc1cc2cc3c(cc2oc1=O)C#CCCCC3)C(=O)OCC. The van der Waals surface area contributed by atoms with E-state index >= 15 is 0 Å². The van der Waals surface area contributed by atoms with Crippen LogP contribution in [0.1, 0.15) is 42.9 Å². The van der Waals surface area contributed by atoms with E-state index in [2.05, 4.69) is 16.7 Å². The van der Waals surface area contributed by atoms with Gasteiger partial charge in [0.15, 0.2) is 0 Å². The predicted octanol–water partition coefficient (Wildman–Crippen LogP) is 3.69. The lowest BCUT2D eigenvalue weighted by Gasteiger charge is -2.09. The fourth-order valence-corrected chi connectivity index (χ4v) is 2.83. The summed E-state index contributed by atoms with van der Waals surface area (Å²) in [6.45, 7) is 8.94. The number of benzene rings is 1. The number of nitrogens with zero attached hydrogens (tertiary/aromatic N) is 1. The average molecular weight is 347 g/mol. The van der Waals surface area contributed by atoms with Crippen molar-refractivity contribution >= 4 is 23.0 Å². The predicted molar refractivity (Wildman–Crippen MR) is 98.1 cm³/mol. The molecule has 130 valence electrons. The van der Waals surface area contributed by atoms with Crippen LogP contribution in [-0.2, 0) is 16.0 Å². The molecular weight excluding hydrogens is 330 g/mol. The van der Waals surface area contributed by atoms with Gasteiger partial charge in [-0.05, 0) is 56.0 Å². The van der Waals surface area contributed by atoms with Crippen molar-refractivity contribution in [2.45, 2.75) is 32.6 Å². The average Bonchev–Trinajstić information content (AvgIpc) is 2.60. The zero-order valence-corrected chi connectivity index (χ0v) is 14.4. The second-order valence-corrected chi connectivity index (χ2v) is 5.91. The van der Waals surface area contributed by atoms with Crippen LogP contribution in [0.4, 0.5) is 0 Å². The Balaban J connectivity index is 2.11. The van der Waals surface area contributed by atoms with Crippen LogP contribution in [-0.4, -0.2) is 12.6 Å². The third kappa shape index (κ3) is 3.68. The van der Waals surface area contributed by atoms with E-state index in [-0.39, 0.29) is 17.9 Å². The molecule has 0 aliphatic heterocycles. The summed E-state index contributed by atoms with van der Waals surface area (Å²) in [6, 6.07) is 5.39. The van der Waals surface area contributed by atoms with Crippen molar-refractivity contribution in [1.82, 2.24) is 0 Å². The van der Waals surface area contributed by atoms with Crippen molar-refractivity contribution in [2.75, 3.05) is 6.61 Å². The molecule has 0 spiro atoms. The highest BCUT2D eigenvalue weighted by atomic mass is 16.5. The van der Waals surface area contributed by atoms with Gasteiger partial charge in [-0.2, -0.15) is 0 Å². The van der Waals surface area contributed by atoms with Gasteiger partial charge in [-0.1, -0.05) is 11.8 Å². The summed E-state index contributed by atoms with van der Waals surface area (Å²) in [7, 11) is 0. The summed E-state index contributed by atoms with van der Waals surface area (Å²) in [5.74, 6) is 5.51. The molecule has 0 saturated heterocycles. The van der Waals surface area contributed by atoms with Gasteiger partial charge in [0.05, 0.1) is 18.7 Å². The van der Waals surface area contributed by atoms with Gasteiger partial charge in [-0.25, -0.2) is 9.64 Å². The minimum Gasteiger partial charge on any atom is -0.471 e. The Morgan fingerprint density at radius 3 is 3.00 bits per heavy atom. The standard InChI is InChI=1S/C21H17NO4/c1-3-25-21(24)18(22-2)12-17-11-16-10-14-8-6-4-5-7-9-15(14)13-19(16)26-20(17)23/h10-13H,3-6,8H2,1H3. The first-order chi connectivity index (χ1) is 12.6. The van der Waals surface area contributed by atoms with Crippen LogP contribution in [0.2, 0.25) is 0 Å². The molecule has 0 fully saturated rings. The number of carbonyl (C=O) groups excluding carboxylic acids is 1. The van der Waals surface area contributed by atoms with Crippen LogP contribution in [0.5, 0.6) is 0 Å². The van der Waals surface area contributed by atoms with Crippen LogP contribution >= 0.6 is 0 Å². The van der Waals surface area contributed by atoms with Crippen LogP contribution in [0.15, 0.2) is 33.1 Å². The van der Waals surface area contributed by atoms with Gasteiger partial charge in [-0.3, -0.25) is 4.79 Å². The van der Waals surface area contributed by atoms with Crippen LogP contribution in [0, 0.1) is 18.4 Å². The van der Waals surface area contributed by atoms with Gasteiger partial charge in [0.25, 0.3) is 5.70 Å². The van der Waals surface area contributed by atoms with E-state index in [0.29, 0.717) is 5.58 Å². The molecule has 0 unspecified atom stereocenters. The topological polar surface area (TPSA) is 60.9 Å². The summed E-state index contributed by atoms with van der Waals surface area (Å²) in [5.41, 5.74) is 1.73. The highest BCUT2D eigenvalue weighted by molar-refractivity contribution is 5.96. The van der Waals surface area contributed by atoms with Crippen LogP contribution < -0.4 is 5.63 Å². The number of fused-ring (bicyclic) bond motifs is 2. The van der Waals surface area contributed by atoms with Crippen molar-refractivity contribution in [3.63, 3.8) is 0 Å². The van der Waals surface area contributed by atoms with Gasteiger partial charge in [0.2, 0.25) is 0 Å². The smallest absolute Gasteiger partial charge is 0.342 e. The van der Waals surface area contributed by atoms with Crippen LogP contribution in [0.3, 0.4) is 0 Å². The zero-order chi connectivity index (χ0) is 18.5. The summed E-state index contributed by atoms with van der Waals surface area (Å²) in [6.07, 6.45) is 5.13. The number of hydrogen-bond donors (Lipinski definition) is 0. The second-order valence-electron chi connectivity index (χ2n) is 5.91. The molecule has 1 aliphatic carbocycles. The third-order valence-electron chi connectivity index (χ3n) is 4.10.